The van der Waals surface area contributed by atoms with Gasteiger partial charge in [0, 0.05) is 24.4 Å². The highest BCUT2D eigenvalue weighted by atomic mass is 127. The zero-order chi connectivity index (χ0) is 12.5. The largest absolute Gasteiger partial charge is 0.419 e. The Balaban J connectivity index is 2.39. The fourth-order valence-electron chi connectivity index (χ4n) is 1.07. The second-order valence-corrected chi connectivity index (χ2v) is 5.95. The molecule has 0 aliphatic carbocycles. The van der Waals surface area contributed by atoms with E-state index < -0.39 is 0 Å². The summed E-state index contributed by atoms with van der Waals surface area (Å²) in [6.07, 6.45) is 2.94. The van der Waals surface area contributed by atoms with Gasteiger partial charge in [-0.3, -0.25) is 10.1 Å². The standard InChI is InChI=1S/C12H12ClINO2/c13-9-3-1-2-4-10-14-11-5-7-12(8-6-11)15(16)17/h5-8H,1-3,9H2/q+1. The third-order valence-corrected chi connectivity index (χ3v) is 4.21. The van der Waals surface area contributed by atoms with E-state index in [1.807, 2.05) is 0 Å². The van der Waals surface area contributed by atoms with Crippen LogP contribution in [0.1, 0.15) is 19.3 Å². The van der Waals surface area contributed by atoms with Crippen LogP contribution in [0.25, 0.3) is 0 Å². The van der Waals surface area contributed by atoms with Gasteiger partial charge in [0.25, 0.3) is 5.69 Å². The molecule has 0 bridgehead atoms. The summed E-state index contributed by atoms with van der Waals surface area (Å²) >= 11 is 5.21. The molecule has 90 valence electrons. The number of non-ortho nitro benzene ring substituents is 1. The Hall–Kier alpha value is -0.800. The molecule has 0 unspecified atom stereocenters. The number of halogens is 2. The average Bonchev–Trinajstić information content (AvgIpc) is 2.34. The van der Waals surface area contributed by atoms with Crippen molar-refractivity contribution in [2.45, 2.75) is 19.3 Å². The second kappa shape index (κ2) is 8.31. The van der Waals surface area contributed by atoms with Crippen LogP contribution in [0, 0.1) is 23.5 Å². The monoisotopic (exact) mass is 364 g/mol. The van der Waals surface area contributed by atoms with E-state index in [0.717, 1.165) is 22.8 Å². The lowest BCUT2D eigenvalue weighted by molar-refractivity contribution is -0.535. The zero-order valence-electron chi connectivity index (χ0n) is 9.16. The molecule has 0 aromatic heterocycles. The third kappa shape index (κ3) is 5.89. The lowest BCUT2D eigenvalue weighted by Gasteiger charge is -1.87. The number of nitro groups is 1. The molecule has 1 rings (SSSR count). The maximum atomic E-state index is 10.4. The van der Waals surface area contributed by atoms with E-state index in [9.17, 15) is 10.1 Å². The van der Waals surface area contributed by atoms with Crippen LogP contribution in [0.5, 0.6) is 0 Å². The number of rotatable bonds is 5. The first-order valence-corrected chi connectivity index (χ1v) is 7.85. The van der Waals surface area contributed by atoms with Crippen molar-refractivity contribution < 1.29 is 26.1 Å². The Morgan fingerprint density at radius 1 is 1.29 bits per heavy atom. The fourth-order valence-corrected chi connectivity index (χ4v) is 2.75. The van der Waals surface area contributed by atoms with Crippen LogP contribution in [0.4, 0.5) is 5.69 Å². The topological polar surface area (TPSA) is 43.1 Å². The molecule has 1 aromatic rings. The van der Waals surface area contributed by atoms with Crippen molar-refractivity contribution in [3.63, 3.8) is 0 Å². The third-order valence-electron chi connectivity index (χ3n) is 1.95. The van der Waals surface area contributed by atoms with Crippen molar-refractivity contribution in [3.8, 4) is 9.85 Å². The van der Waals surface area contributed by atoms with Gasteiger partial charge in [0.15, 0.2) is 3.93 Å². The van der Waals surface area contributed by atoms with Gasteiger partial charge in [0.2, 0.25) is 3.57 Å². The number of nitrogens with zero attached hydrogens (tertiary/aromatic N) is 1. The molecule has 5 heteroatoms. The molecule has 17 heavy (non-hydrogen) atoms. The Labute approximate surface area is 116 Å². The molecule has 0 atom stereocenters. The molecule has 0 fully saturated rings. The molecule has 0 spiro atoms. The SMILES string of the molecule is O=[N+]([O-])c1ccc([I+]C#CCCCCCl)cc1. The van der Waals surface area contributed by atoms with E-state index in [4.69, 9.17) is 11.6 Å². The van der Waals surface area contributed by atoms with Gasteiger partial charge in [-0.15, -0.1) is 11.6 Å². The minimum absolute atomic E-state index is 0.132. The first-order chi connectivity index (χ1) is 8.24. The van der Waals surface area contributed by atoms with Gasteiger partial charge in [-0.05, 0) is 30.9 Å². The highest BCUT2D eigenvalue weighted by Crippen LogP contribution is 2.07. The van der Waals surface area contributed by atoms with Crippen LogP contribution in [0.3, 0.4) is 0 Å². The molecule has 1 aromatic carbocycles. The Morgan fingerprint density at radius 3 is 2.59 bits per heavy atom. The van der Waals surface area contributed by atoms with Gasteiger partial charge in [-0.2, -0.15) is 0 Å². The number of hydrogen-bond acceptors (Lipinski definition) is 2. The van der Waals surface area contributed by atoms with Gasteiger partial charge >= 0.3 is 21.2 Å². The number of alkyl halides is 1. The average molecular weight is 365 g/mol. The highest BCUT2D eigenvalue weighted by Gasteiger charge is 2.11. The predicted octanol–water partition coefficient (Wildman–Crippen LogP) is 0.223. The molecule has 0 N–H and O–H groups in total. The van der Waals surface area contributed by atoms with E-state index in [0.29, 0.717) is 5.88 Å². The van der Waals surface area contributed by atoms with E-state index in [1.165, 1.54) is 12.1 Å². The number of unbranched alkanes of at least 4 members (excludes halogenated alkanes) is 2. The quantitative estimate of drug-likeness (QED) is 0.187. The lowest BCUT2D eigenvalue weighted by Crippen LogP contribution is -3.59. The van der Waals surface area contributed by atoms with Gasteiger partial charge in [0.1, 0.15) is 0 Å². The molecule has 0 saturated heterocycles. The van der Waals surface area contributed by atoms with Crippen LogP contribution in [0.15, 0.2) is 24.3 Å². The molecule has 0 aliphatic heterocycles. The van der Waals surface area contributed by atoms with E-state index in [2.05, 4.69) is 9.85 Å². The summed E-state index contributed by atoms with van der Waals surface area (Å²) in [6.45, 7) is 0. The van der Waals surface area contributed by atoms with Crippen LogP contribution in [-0.4, -0.2) is 10.8 Å². The first-order valence-electron chi connectivity index (χ1n) is 5.16. The highest BCUT2D eigenvalue weighted by molar-refractivity contribution is 6.17. The molecule has 0 aliphatic rings. The molecular weight excluding hydrogens is 352 g/mol. The summed E-state index contributed by atoms with van der Waals surface area (Å²) in [5.74, 6) is 3.81. The summed E-state index contributed by atoms with van der Waals surface area (Å²) in [5, 5.41) is 10.4. The van der Waals surface area contributed by atoms with Gasteiger partial charge in [0.05, 0.1) is 4.92 Å². The zero-order valence-corrected chi connectivity index (χ0v) is 12.1. The predicted molar refractivity (Wildman–Crippen MR) is 64.1 cm³/mol. The second-order valence-electron chi connectivity index (χ2n) is 3.25. The summed E-state index contributed by atoms with van der Waals surface area (Å²) in [5.41, 5.74) is 0.132. The summed E-state index contributed by atoms with van der Waals surface area (Å²) in [4.78, 5) is 10.1. The smallest absolute Gasteiger partial charge is 0.258 e. The van der Waals surface area contributed by atoms with Crippen molar-refractivity contribution in [2.75, 3.05) is 5.88 Å². The van der Waals surface area contributed by atoms with Gasteiger partial charge in [-0.25, -0.2) is 0 Å². The van der Waals surface area contributed by atoms with Crippen molar-refractivity contribution in [1.82, 2.24) is 0 Å². The van der Waals surface area contributed by atoms with E-state index >= 15 is 0 Å². The Bertz CT molecular complexity index is 422. The minimum atomic E-state index is -0.389. The van der Waals surface area contributed by atoms with Crippen LogP contribution >= 0.6 is 11.6 Å². The Morgan fingerprint density at radius 2 is 2.00 bits per heavy atom. The van der Waals surface area contributed by atoms with Crippen LogP contribution in [0.2, 0.25) is 0 Å². The number of hydrogen-bond donors (Lipinski definition) is 0. The minimum Gasteiger partial charge on any atom is -0.258 e. The van der Waals surface area contributed by atoms with Crippen LogP contribution in [-0.2, 0) is 0 Å². The fraction of sp³-hybridized carbons (Fsp3) is 0.333. The van der Waals surface area contributed by atoms with Gasteiger partial charge < -0.3 is 0 Å². The molecule has 0 radical (unpaired) electrons. The maximum absolute atomic E-state index is 10.4. The summed E-state index contributed by atoms with van der Waals surface area (Å²) in [7, 11) is 0. The number of nitro benzene ring substituents is 1. The van der Waals surface area contributed by atoms with Crippen molar-refractivity contribution in [3.05, 3.63) is 37.9 Å². The molecule has 0 saturated carbocycles. The first kappa shape index (κ1) is 14.3. The maximum Gasteiger partial charge on any atom is 0.419 e. The van der Waals surface area contributed by atoms with Crippen LogP contribution < -0.4 is 21.2 Å². The molecular formula is C12H12ClINO2+. The molecule has 0 amide bonds. The van der Waals surface area contributed by atoms with Gasteiger partial charge in [-0.1, -0.05) is 0 Å². The summed E-state index contributed by atoms with van der Waals surface area (Å²) in [6, 6.07) is 6.65. The lowest BCUT2D eigenvalue weighted by atomic mass is 10.3. The summed E-state index contributed by atoms with van der Waals surface area (Å²) < 4.78 is 4.27. The molecule has 0 heterocycles. The Kier molecular flexibility index (Phi) is 6.97. The number of benzene rings is 1. The van der Waals surface area contributed by atoms with Crippen molar-refractivity contribution >= 4 is 17.3 Å². The van der Waals surface area contributed by atoms with Crippen molar-refractivity contribution in [1.29, 1.82) is 0 Å². The molecule has 3 nitrogen and oxygen atoms in total. The van der Waals surface area contributed by atoms with E-state index in [1.54, 1.807) is 12.1 Å². The van der Waals surface area contributed by atoms with E-state index in [-0.39, 0.29) is 31.8 Å². The van der Waals surface area contributed by atoms with Crippen molar-refractivity contribution in [2.24, 2.45) is 0 Å². The normalized spacial score (nSPS) is 9.47.